The summed E-state index contributed by atoms with van der Waals surface area (Å²) in [5.41, 5.74) is -0.0576. The maximum absolute atomic E-state index is 10.1. The Morgan fingerprint density at radius 3 is 2.63 bits per heavy atom. The molecule has 1 aromatic rings. The zero-order valence-corrected chi connectivity index (χ0v) is 12.1. The van der Waals surface area contributed by atoms with E-state index in [9.17, 15) is 10.2 Å². The molecule has 108 valence electrons. The van der Waals surface area contributed by atoms with Gasteiger partial charge in [-0.2, -0.15) is 0 Å². The van der Waals surface area contributed by atoms with Gasteiger partial charge in [0.15, 0.2) is 11.5 Å². The van der Waals surface area contributed by atoms with Crippen LogP contribution in [-0.4, -0.2) is 55.0 Å². The van der Waals surface area contributed by atoms with Crippen LogP contribution in [0, 0.1) is 0 Å². The van der Waals surface area contributed by atoms with E-state index in [-0.39, 0.29) is 5.75 Å². The molecular formula is C14H24N2O3. The van der Waals surface area contributed by atoms with Crippen LogP contribution in [0.4, 0.5) is 0 Å². The number of rotatable bonds is 7. The van der Waals surface area contributed by atoms with Crippen LogP contribution in [0.15, 0.2) is 18.2 Å². The highest BCUT2D eigenvalue weighted by Crippen LogP contribution is 2.29. The molecule has 3 N–H and O–H groups in total. The number of aromatic hydroxyl groups is 1. The van der Waals surface area contributed by atoms with Gasteiger partial charge in [-0.25, -0.2) is 0 Å². The Hall–Kier alpha value is -1.30. The van der Waals surface area contributed by atoms with Crippen molar-refractivity contribution in [3.8, 4) is 11.5 Å². The second-order valence-corrected chi connectivity index (χ2v) is 5.31. The summed E-state index contributed by atoms with van der Waals surface area (Å²) in [5.74, 6) is 0.601. The first kappa shape index (κ1) is 15.8. The van der Waals surface area contributed by atoms with Gasteiger partial charge in [0.2, 0.25) is 0 Å². The normalized spacial score (nSPS) is 14.4. The minimum absolute atomic E-state index is 0.143. The van der Waals surface area contributed by atoms with Gasteiger partial charge in [-0.05, 0) is 27.1 Å². The van der Waals surface area contributed by atoms with E-state index >= 15 is 0 Å². The fourth-order valence-electron chi connectivity index (χ4n) is 2.08. The molecule has 0 aromatic heterocycles. The summed E-state index contributed by atoms with van der Waals surface area (Å²) in [6, 6.07) is 5.36. The average Bonchev–Trinajstić information content (AvgIpc) is 2.29. The molecule has 0 saturated heterocycles. The fourth-order valence-corrected chi connectivity index (χ4v) is 2.08. The number of methoxy groups -OCH3 is 1. The number of phenolic OH excluding ortho intramolecular Hbond substituents is 1. The van der Waals surface area contributed by atoms with Gasteiger partial charge in [0.25, 0.3) is 0 Å². The van der Waals surface area contributed by atoms with Crippen molar-refractivity contribution in [2.45, 2.75) is 19.1 Å². The van der Waals surface area contributed by atoms with E-state index < -0.39 is 5.60 Å². The third kappa shape index (κ3) is 5.06. The van der Waals surface area contributed by atoms with Crippen molar-refractivity contribution in [2.75, 3.05) is 34.3 Å². The minimum Gasteiger partial charge on any atom is -0.504 e. The summed E-state index contributed by atoms with van der Waals surface area (Å²) in [6.07, 6.45) is 0. The molecule has 1 unspecified atom stereocenters. The zero-order chi connectivity index (χ0) is 14.5. The molecule has 5 heteroatoms. The molecule has 0 spiro atoms. The SMILES string of the molecule is COc1cccc(CNCC(C)(O)CN(C)C)c1O. The van der Waals surface area contributed by atoms with E-state index in [1.54, 1.807) is 13.0 Å². The van der Waals surface area contributed by atoms with Gasteiger partial charge < -0.3 is 25.2 Å². The first-order valence-corrected chi connectivity index (χ1v) is 6.28. The highest BCUT2D eigenvalue weighted by molar-refractivity contribution is 5.45. The molecule has 0 amide bonds. The molecule has 0 saturated carbocycles. The summed E-state index contributed by atoms with van der Waals surface area (Å²) in [7, 11) is 5.36. The van der Waals surface area contributed by atoms with Crippen LogP contribution < -0.4 is 10.1 Å². The second kappa shape index (κ2) is 6.75. The van der Waals surface area contributed by atoms with E-state index in [0.29, 0.717) is 25.4 Å². The third-order valence-corrected chi connectivity index (χ3v) is 2.78. The Labute approximate surface area is 114 Å². The van der Waals surface area contributed by atoms with Gasteiger partial charge in [0, 0.05) is 25.2 Å². The van der Waals surface area contributed by atoms with E-state index in [1.165, 1.54) is 7.11 Å². The molecule has 1 atom stereocenters. The van der Waals surface area contributed by atoms with Crippen molar-refractivity contribution in [3.05, 3.63) is 23.8 Å². The molecular weight excluding hydrogens is 244 g/mol. The zero-order valence-electron chi connectivity index (χ0n) is 12.1. The number of para-hydroxylation sites is 1. The number of likely N-dealkylation sites (N-methyl/N-ethyl adjacent to an activating group) is 1. The van der Waals surface area contributed by atoms with Crippen LogP contribution in [0.5, 0.6) is 11.5 Å². The van der Waals surface area contributed by atoms with Crippen molar-refractivity contribution >= 4 is 0 Å². The minimum atomic E-state index is -0.808. The van der Waals surface area contributed by atoms with Gasteiger partial charge in [0.1, 0.15) is 0 Å². The van der Waals surface area contributed by atoms with Crippen LogP contribution in [0.2, 0.25) is 0 Å². The maximum Gasteiger partial charge on any atom is 0.162 e. The molecule has 0 aliphatic carbocycles. The number of ether oxygens (including phenoxy) is 1. The predicted molar refractivity (Wildman–Crippen MR) is 75.5 cm³/mol. The molecule has 0 bridgehead atoms. The lowest BCUT2D eigenvalue weighted by molar-refractivity contribution is 0.0335. The summed E-state index contributed by atoms with van der Waals surface area (Å²) in [4.78, 5) is 1.94. The lowest BCUT2D eigenvalue weighted by atomic mass is 10.1. The number of nitrogens with zero attached hydrogens (tertiary/aromatic N) is 1. The van der Waals surface area contributed by atoms with Crippen molar-refractivity contribution in [1.29, 1.82) is 0 Å². The van der Waals surface area contributed by atoms with Crippen molar-refractivity contribution < 1.29 is 14.9 Å². The quantitative estimate of drug-likeness (QED) is 0.683. The van der Waals surface area contributed by atoms with Crippen LogP contribution in [-0.2, 0) is 6.54 Å². The highest BCUT2D eigenvalue weighted by atomic mass is 16.5. The molecule has 0 aliphatic rings. The second-order valence-electron chi connectivity index (χ2n) is 5.31. The van der Waals surface area contributed by atoms with Crippen LogP contribution in [0.25, 0.3) is 0 Å². The number of nitrogens with one attached hydrogen (secondary N) is 1. The average molecular weight is 268 g/mol. The van der Waals surface area contributed by atoms with Crippen LogP contribution >= 0.6 is 0 Å². The summed E-state index contributed by atoms with van der Waals surface area (Å²) < 4.78 is 5.05. The Kier molecular flexibility index (Phi) is 5.60. The molecule has 1 aromatic carbocycles. The summed E-state index contributed by atoms with van der Waals surface area (Å²) in [5, 5.41) is 23.2. The van der Waals surface area contributed by atoms with E-state index in [1.807, 2.05) is 31.1 Å². The molecule has 0 fully saturated rings. The first-order valence-electron chi connectivity index (χ1n) is 6.28. The molecule has 0 heterocycles. The molecule has 0 aliphatic heterocycles. The van der Waals surface area contributed by atoms with Crippen molar-refractivity contribution in [1.82, 2.24) is 10.2 Å². The largest absolute Gasteiger partial charge is 0.504 e. The van der Waals surface area contributed by atoms with Gasteiger partial charge in [0.05, 0.1) is 12.7 Å². The van der Waals surface area contributed by atoms with E-state index in [4.69, 9.17) is 4.74 Å². The van der Waals surface area contributed by atoms with Crippen LogP contribution in [0.3, 0.4) is 0 Å². The Morgan fingerprint density at radius 1 is 1.37 bits per heavy atom. The van der Waals surface area contributed by atoms with Gasteiger partial charge >= 0.3 is 0 Å². The van der Waals surface area contributed by atoms with Crippen molar-refractivity contribution in [2.24, 2.45) is 0 Å². The smallest absolute Gasteiger partial charge is 0.162 e. The number of hydrogen-bond acceptors (Lipinski definition) is 5. The monoisotopic (exact) mass is 268 g/mol. The number of hydrogen-bond donors (Lipinski definition) is 3. The van der Waals surface area contributed by atoms with Gasteiger partial charge in [-0.15, -0.1) is 0 Å². The standard InChI is InChI=1S/C14H24N2O3/c1-14(18,10-16(2)3)9-15-8-11-6-5-7-12(19-4)13(11)17/h5-7,15,17-18H,8-10H2,1-4H3. The number of phenols is 1. The topological polar surface area (TPSA) is 65.0 Å². The Morgan fingerprint density at radius 2 is 2.05 bits per heavy atom. The summed E-state index contributed by atoms with van der Waals surface area (Å²) in [6.45, 7) is 3.28. The first-order chi connectivity index (χ1) is 8.85. The van der Waals surface area contributed by atoms with Gasteiger partial charge in [-0.3, -0.25) is 0 Å². The number of aliphatic hydroxyl groups is 1. The predicted octanol–water partition coefficient (Wildman–Crippen LogP) is 0.803. The Balaban J connectivity index is 2.54. The fraction of sp³-hybridized carbons (Fsp3) is 0.571. The lowest BCUT2D eigenvalue weighted by Crippen LogP contribution is -2.45. The number of benzene rings is 1. The van der Waals surface area contributed by atoms with E-state index in [0.717, 1.165) is 5.56 Å². The lowest BCUT2D eigenvalue weighted by Gasteiger charge is -2.27. The van der Waals surface area contributed by atoms with Crippen LogP contribution in [0.1, 0.15) is 12.5 Å². The molecule has 1 rings (SSSR count). The third-order valence-electron chi connectivity index (χ3n) is 2.78. The summed E-state index contributed by atoms with van der Waals surface area (Å²) >= 11 is 0. The maximum atomic E-state index is 10.1. The molecule has 5 nitrogen and oxygen atoms in total. The highest BCUT2D eigenvalue weighted by Gasteiger charge is 2.20. The van der Waals surface area contributed by atoms with E-state index in [2.05, 4.69) is 5.32 Å². The molecule has 19 heavy (non-hydrogen) atoms. The van der Waals surface area contributed by atoms with Crippen molar-refractivity contribution in [3.63, 3.8) is 0 Å². The molecule has 0 radical (unpaired) electrons. The van der Waals surface area contributed by atoms with Gasteiger partial charge in [-0.1, -0.05) is 12.1 Å². The Bertz CT molecular complexity index is 406.